The fourth-order valence-corrected chi connectivity index (χ4v) is 2.35. The van der Waals surface area contributed by atoms with E-state index in [9.17, 15) is 4.79 Å². The van der Waals surface area contributed by atoms with Gasteiger partial charge in [-0.25, -0.2) is 9.78 Å². The standard InChI is InChI=1S/C14H15NO4S/c1-2-18-10-4-3-5-11(8-10)19-7-6-13-15-12(9-20-13)14(16)17/h3-5,8-9H,2,6-7H2,1H3,(H,16,17). The van der Waals surface area contributed by atoms with E-state index < -0.39 is 5.97 Å². The maximum atomic E-state index is 10.7. The number of rotatable bonds is 7. The quantitative estimate of drug-likeness (QED) is 0.850. The van der Waals surface area contributed by atoms with E-state index in [1.165, 1.54) is 16.7 Å². The van der Waals surface area contributed by atoms with Gasteiger partial charge in [0.15, 0.2) is 5.69 Å². The Balaban J connectivity index is 1.85. The van der Waals surface area contributed by atoms with Crippen molar-refractivity contribution < 1.29 is 19.4 Å². The Kier molecular flexibility index (Phi) is 4.95. The molecule has 6 heteroatoms. The van der Waals surface area contributed by atoms with E-state index in [1.807, 2.05) is 31.2 Å². The van der Waals surface area contributed by atoms with Gasteiger partial charge in [0.1, 0.15) is 11.5 Å². The molecule has 5 nitrogen and oxygen atoms in total. The van der Waals surface area contributed by atoms with Crippen LogP contribution < -0.4 is 9.47 Å². The molecule has 1 aromatic heterocycles. The zero-order chi connectivity index (χ0) is 14.4. The molecule has 0 saturated heterocycles. The number of thiazole rings is 1. The van der Waals surface area contributed by atoms with Crippen LogP contribution in [0.4, 0.5) is 0 Å². The second-order valence-electron chi connectivity index (χ2n) is 3.94. The van der Waals surface area contributed by atoms with Crippen LogP contribution in [0.25, 0.3) is 0 Å². The summed E-state index contributed by atoms with van der Waals surface area (Å²) in [5, 5.41) is 11.1. The summed E-state index contributed by atoms with van der Waals surface area (Å²) in [4.78, 5) is 14.7. The van der Waals surface area contributed by atoms with Gasteiger partial charge >= 0.3 is 5.97 Å². The van der Waals surface area contributed by atoms with E-state index in [4.69, 9.17) is 14.6 Å². The molecule has 0 unspecified atom stereocenters. The number of carbonyl (C=O) groups is 1. The van der Waals surface area contributed by atoms with Gasteiger partial charge in [0, 0.05) is 17.9 Å². The van der Waals surface area contributed by atoms with Crippen molar-refractivity contribution in [3.63, 3.8) is 0 Å². The van der Waals surface area contributed by atoms with E-state index >= 15 is 0 Å². The molecule has 0 amide bonds. The molecule has 1 heterocycles. The molecule has 1 N–H and O–H groups in total. The highest BCUT2D eigenvalue weighted by Crippen LogP contribution is 2.19. The molecular weight excluding hydrogens is 278 g/mol. The molecule has 0 atom stereocenters. The average molecular weight is 293 g/mol. The third-order valence-corrected chi connectivity index (χ3v) is 3.38. The van der Waals surface area contributed by atoms with E-state index in [0.29, 0.717) is 19.6 Å². The van der Waals surface area contributed by atoms with E-state index in [1.54, 1.807) is 0 Å². The molecule has 0 fully saturated rings. The molecule has 2 aromatic rings. The molecule has 1 aromatic carbocycles. The molecule has 0 aliphatic rings. The summed E-state index contributed by atoms with van der Waals surface area (Å²) in [6, 6.07) is 7.42. The number of hydrogen-bond donors (Lipinski definition) is 1. The Labute approximate surface area is 120 Å². The third kappa shape index (κ3) is 3.96. The Hall–Kier alpha value is -2.08. The summed E-state index contributed by atoms with van der Waals surface area (Å²) in [5.74, 6) is 0.496. The van der Waals surface area contributed by atoms with Gasteiger partial charge < -0.3 is 14.6 Å². The molecule has 0 radical (unpaired) electrons. The fraction of sp³-hybridized carbons (Fsp3) is 0.286. The normalized spacial score (nSPS) is 10.2. The van der Waals surface area contributed by atoms with Gasteiger partial charge in [-0.3, -0.25) is 0 Å². The predicted molar refractivity (Wildman–Crippen MR) is 75.9 cm³/mol. The zero-order valence-corrected chi connectivity index (χ0v) is 11.9. The molecule has 2 rings (SSSR count). The summed E-state index contributed by atoms with van der Waals surface area (Å²) >= 11 is 1.33. The van der Waals surface area contributed by atoms with Crippen molar-refractivity contribution in [2.75, 3.05) is 13.2 Å². The Morgan fingerprint density at radius 2 is 2.10 bits per heavy atom. The summed E-state index contributed by atoms with van der Waals surface area (Å²) in [6.07, 6.45) is 0.580. The number of nitrogens with zero attached hydrogens (tertiary/aromatic N) is 1. The van der Waals surface area contributed by atoms with Crippen molar-refractivity contribution in [3.05, 3.63) is 40.3 Å². The number of aromatic carboxylic acids is 1. The first-order valence-electron chi connectivity index (χ1n) is 6.22. The SMILES string of the molecule is CCOc1cccc(OCCc2nc(C(=O)O)cs2)c1. The summed E-state index contributed by atoms with van der Waals surface area (Å²) < 4.78 is 11.0. The lowest BCUT2D eigenvalue weighted by atomic mass is 10.3. The Morgan fingerprint density at radius 3 is 2.75 bits per heavy atom. The fourth-order valence-electron chi connectivity index (χ4n) is 1.60. The molecule has 0 bridgehead atoms. The number of aromatic nitrogens is 1. The highest BCUT2D eigenvalue weighted by atomic mass is 32.1. The summed E-state index contributed by atoms with van der Waals surface area (Å²) in [6.45, 7) is 2.98. The number of benzene rings is 1. The van der Waals surface area contributed by atoms with Gasteiger partial charge in [0.25, 0.3) is 0 Å². The Morgan fingerprint density at radius 1 is 1.35 bits per heavy atom. The van der Waals surface area contributed by atoms with Gasteiger partial charge in [-0.15, -0.1) is 11.3 Å². The number of carboxylic acids is 1. The van der Waals surface area contributed by atoms with Crippen LogP contribution in [0.15, 0.2) is 29.6 Å². The smallest absolute Gasteiger partial charge is 0.355 e. The van der Waals surface area contributed by atoms with Gasteiger partial charge in [-0.05, 0) is 19.1 Å². The predicted octanol–water partition coefficient (Wildman–Crippen LogP) is 2.86. The second-order valence-corrected chi connectivity index (χ2v) is 4.88. The van der Waals surface area contributed by atoms with Crippen molar-refractivity contribution >= 4 is 17.3 Å². The van der Waals surface area contributed by atoms with Crippen LogP contribution in [0.5, 0.6) is 11.5 Å². The van der Waals surface area contributed by atoms with Gasteiger partial charge in [0.2, 0.25) is 0 Å². The van der Waals surface area contributed by atoms with E-state index in [2.05, 4.69) is 4.98 Å². The highest BCUT2D eigenvalue weighted by molar-refractivity contribution is 7.09. The van der Waals surface area contributed by atoms with E-state index in [0.717, 1.165) is 16.5 Å². The molecule has 0 aliphatic carbocycles. The molecule has 106 valence electrons. The monoisotopic (exact) mass is 293 g/mol. The zero-order valence-electron chi connectivity index (χ0n) is 11.0. The summed E-state index contributed by atoms with van der Waals surface area (Å²) in [7, 11) is 0. The van der Waals surface area contributed by atoms with Crippen molar-refractivity contribution in [3.8, 4) is 11.5 Å². The number of hydrogen-bond acceptors (Lipinski definition) is 5. The third-order valence-electron chi connectivity index (χ3n) is 2.47. The van der Waals surface area contributed by atoms with Crippen molar-refractivity contribution in [2.45, 2.75) is 13.3 Å². The van der Waals surface area contributed by atoms with Crippen LogP contribution >= 0.6 is 11.3 Å². The molecular formula is C14H15NO4S. The lowest BCUT2D eigenvalue weighted by Gasteiger charge is -2.07. The number of carboxylic acid groups (broad SMARTS) is 1. The molecule has 0 spiro atoms. The van der Waals surface area contributed by atoms with Crippen LogP contribution in [0.2, 0.25) is 0 Å². The van der Waals surface area contributed by atoms with Gasteiger partial charge in [0.05, 0.1) is 18.2 Å². The van der Waals surface area contributed by atoms with E-state index in [-0.39, 0.29) is 5.69 Å². The molecule has 0 aliphatic heterocycles. The van der Waals surface area contributed by atoms with Crippen LogP contribution in [-0.4, -0.2) is 29.3 Å². The minimum atomic E-state index is -1.00. The second kappa shape index (κ2) is 6.91. The van der Waals surface area contributed by atoms with Crippen LogP contribution in [-0.2, 0) is 6.42 Å². The van der Waals surface area contributed by atoms with Crippen molar-refractivity contribution in [2.24, 2.45) is 0 Å². The minimum Gasteiger partial charge on any atom is -0.494 e. The summed E-state index contributed by atoms with van der Waals surface area (Å²) in [5.41, 5.74) is 0.0864. The van der Waals surface area contributed by atoms with Crippen molar-refractivity contribution in [1.29, 1.82) is 0 Å². The van der Waals surface area contributed by atoms with Crippen LogP contribution in [0, 0.1) is 0 Å². The van der Waals surface area contributed by atoms with Crippen LogP contribution in [0.1, 0.15) is 22.4 Å². The number of ether oxygens (including phenoxy) is 2. The largest absolute Gasteiger partial charge is 0.494 e. The lowest BCUT2D eigenvalue weighted by molar-refractivity contribution is 0.0691. The Bertz CT molecular complexity index is 582. The first-order valence-corrected chi connectivity index (χ1v) is 7.10. The van der Waals surface area contributed by atoms with Gasteiger partial charge in [-0.2, -0.15) is 0 Å². The first-order chi connectivity index (χ1) is 9.69. The first kappa shape index (κ1) is 14.3. The lowest BCUT2D eigenvalue weighted by Crippen LogP contribution is -2.02. The maximum absolute atomic E-state index is 10.7. The minimum absolute atomic E-state index is 0.0864. The van der Waals surface area contributed by atoms with Crippen molar-refractivity contribution in [1.82, 2.24) is 4.98 Å². The average Bonchev–Trinajstić information content (AvgIpc) is 2.89. The van der Waals surface area contributed by atoms with Crippen LogP contribution in [0.3, 0.4) is 0 Å². The topological polar surface area (TPSA) is 68.7 Å². The van der Waals surface area contributed by atoms with Gasteiger partial charge in [-0.1, -0.05) is 6.07 Å². The molecule has 20 heavy (non-hydrogen) atoms. The maximum Gasteiger partial charge on any atom is 0.355 e. The highest BCUT2D eigenvalue weighted by Gasteiger charge is 2.08. The molecule has 0 saturated carbocycles.